The van der Waals surface area contributed by atoms with Gasteiger partial charge in [0.2, 0.25) is 0 Å². The predicted octanol–water partition coefficient (Wildman–Crippen LogP) is 3.55. The largest absolute Gasteiger partial charge is 0.384 e. The average molecular weight is 384 g/mol. The number of H-pyrrole nitrogens is 1. The minimum absolute atomic E-state index is 0.0337. The third-order valence-corrected chi connectivity index (χ3v) is 4.96. The van der Waals surface area contributed by atoms with E-state index in [0.29, 0.717) is 22.2 Å². The number of nitrogens with zero attached hydrogens (tertiary/aromatic N) is 1. The first kappa shape index (κ1) is 18.4. The SMILES string of the molecule is N=C(N)c1ccc2[nH]c(=O)n(CCC(=O)c3ccc(-c4ccccc4)cc3)c2c1. The summed E-state index contributed by atoms with van der Waals surface area (Å²) in [6, 6.07) is 22.5. The Labute approximate surface area is 167 Å². The van der Waals surface area contributed by atoms with Crippen molar-refractivity contribution in [3.05, 3.63) is 94.4 Å². The van der Waals surface area contributed by atoms with Gasteiger partial charge in [0.05, 0.1) is 11.0 Å². The molecule has 0 saturated heterocycles. The number of amidine groups is 1. The quantitative estimate of drug-likeness (QED) is 0.269. The molecular weight excluding hydrogens is 364 g/mol. The predicted molar refractivity (Wildman–Crippen MR) is 114 cm³/mol. The van der Waals surface area contributed by atoms with Gasteiger partial charge in [-0.15, -0.1) is 0 Å². The minimum Gasteiger partial charge on any atom is -0.384 e. The molecule has 6 nitrogen and oxygen atoms in total. The molecule has 0 aliphatic carbocycles. The molecule has 144 valence electrons. The van der Waals surface area contributed by atoms with Gasteiger partial charge in [-0.3, -0.25) is 14.8 Å². The minimum atomic E-state index is -0.284. The number of aryl methyl sites for hydroxylation is 1. The zero-order chi connectivity index (χ0) is 20.4. The molecule has 4 N–H and O–H groups in total. The lowest BCUT2D eigenvalue weighted by molar-refractivity contribution is 0.0977. The summed E-state index contributed by atoms with van der Waals surface area (Å²) < 4.78 is 1.51. The van der Waals surface area contributed by atoms with E-state index in [1.165, 1.54) is 4.57 Å². The molecule has 0 atom stereocenters. The van der Waals surface area contributed by atoms with E-state index in [2.05, 4.69) is 4.98 Å². The van der Waals surface area contributed by atoms with Crippen LogP contribution in [0, 0.1) is 5.41 Å². The summed E-state index contributed by atoms with van der Waals surface area (Å²) >= 11 is 0. The van der Waals surface area contributed by atoms with Crippen LogP contribution in [0.3, 0.4) is 0 Å². The maximum absolute atomic E-state index is 12.6. The number of Topliss-reactive ketones (excluding diaryl/α,β-unsaturated/α-hetero) is 1. The van der Waals surface area contributed by atoms with Crippen LogP contribution < -0.4 is 11.4 Å². The second-order valence-electron chi connectivity index (χ2n) is 6.84. The zero-order valence-corrected chi connectivity index (χ0v) is 15.7. The number of fused-ring (bicyclic) bond motifs is 1. The van der Waals surface area contributed by atoms with Crippen LogP contribution >= 0.6 is 0 Å². The smallest absolute Gasteiger partial charge is 0.326 e. The van der Waals surface area contributed by atoms with E-state index >= 15 is 0 Å². The molecule has 4 rings (SSSR count). The van der Waals surface area contributed by atoms with Gasteiger partial charge in [0.25, 0.3) is 0 Å². The number of carbonyl (C=O) groups excluding carboxylic acids is 1. The molecule has 0 amide bonds. The number of imidazole rings is 1. The highest BCUT2D eigenvalue weighted by atomic mass is 16.1. The first-order chi connectivity index (χ1) is 14.0. The molecule has 0 saturated carbocycles. The van der Waals surface area contributed by atoms with Gasteiger partial charge in [-0.1, -0.05) is 54.6 Å². The number of nitrogens with one attached hydrogen (secondary N) is 2. The Balaban J connectivity index is 1.52. The molecule has 0 bridgehead atoms. The molecule has 0 fully saturated rings. The molecule has 0 radical (unpaired) electrons. The molecule has 3 aromatic carbocycles. The third-order valence-electron chi connectivity index (χ3n) is 4.96. The fourth-order valence-electron chi connectivity index (χ4n) is 3.38. The molecule has 29 heavy (non-hydrogen) atoms. The zero-order valence-electron chi connectivity index (χ0n) is 15.7. The number of rotatable bonds is 6. The van der Waals surface area contributed by atoms with E-state index in [4.69, 9.17) is 11.1 Å². The van der Waals surface area contributed by atoms with Crippen LogP contribution in [0.2, 0.25) is 0 Å². The van der Waals surface area contributed by atoms with Gasteiger partial charge >= 0.3 is 5.69 Å². The Bertz CT molecular complexity index is 1250. The van der Waals surface area contributed by atoms with Crippen molar-refractivity contribution in [2.75, 3.05) is 0 Å². The van der Waals surface area contributed by atoms with Crippen molar-refractivity contribution >= 4 is 22.7 Å². The summed E-state index contributed by atoms with van der Waals surface area (Å²) in [4.78, 5) is 27.7. The second-order valence-corrected chi connectivity index (χ2v) is 6.84. The maximum atomic E-state index is 12.6. The topological polar surface area (TPSA) is 105 Å². The van der Waals surface area contributed by atoms with Crippen molar-refractivity contribution in [3.63, 3.8) is 0 Å². The molecule has 0 unspecified atom stereocenters. The van der Waals surface area contributed by atoms with Crippen molar-refractivity contribution in [2.45, 2.75) is 13.0 Å². The number of benzene rings is 3. The van der Waals surface area contributed by atoms with Crippen LogP contribution in [0.5, 0.6) is 0 Å². The fraction of sp³-hybridized carbons (Fsp3) is 0.0870. The second kappa shape index (κ2) is 7.59. The average Bonchev–Trinajstić information content (AvgIpc) is 3.07. The van der Waals surface area contributed by atoms with E-state index in [-0.39, 0.29) is 30.3 Å². The first-order valence-corrected chi connectivity index (χ1v) is 9.28. The fourth-order valence-corrected chi connectivity index (χ4v) is 3.38. The Morgan fingerprint density at radius 2 is 1.59 bits per heavy atom. The van der Waals surface area contributed by atoms with Crippen LogP contribution in [-0.2, 0) is 6.54 Å². The Morgan fingerprint density at radius 1 is 0.931 bits per heavy atom. The van der Waals surface area contributed by atoms with Gasteiger partial charge in [-0.25, -0.2) is 4.79 Å². The van der Waals surface area contributed by atoms with E-state index in [1.807, 2.05) is 54.6 Å². The van der Waals surface area contributed by atoms with Gasteiger partial charge < -0.3 is 10.7 Å². The summed E-state index contributed by atoms with van der Waals surface area (Å²) in [7, 11) is 0. The highest BCUT2D eigenvalue weighted by molar-refractivity contribution is 5.98. The van der Waals surface area contributed by atoms with Gasteiger partial charge in [0, 0.05) is 24.1 Å². The molecule has 0 aliphatic heterocycles. The maximum Gasteiger partial charge on any atom is 0.326 e. The number of hydrogen-bond donors (Lipinski definition) is 3. The standard InChI is InChI=1S/C23H20N4O2/c24-22(25)18-10-11-19-20(14-18)27(23(29)26-19)13-12-21(28)17-8-6-16(7-9-17)15-4-2-1-3-5-15/h1-11,14H,12-13H2,(H3,24,25)(H,26,29). The molecule has 0 aliphatic rings. The number of aromatic amines is 1. The molecule has 1 aromatic heterocycles. The van der Waals surface area contributed by atoms with E-state index in [9.17, 15) is 9.59 Å². The highest BCUT2D eigenvalue weighted by Gasteiger charge is 2.12. The van der Waals surface area contributed by atoms with Gasteiger partial charge in [0.1, 0.15) is 5.84 Å². The van der Waals surface area contributed by atoms with Crippen LogP contribution in [0.1, 0.15) is 22.3 Å². The van der Waals surface area contributed by atoms with Crippen LogP contribution in [0.4, 0.5) is 0 Å². The lowest BCUT2D eigenvalue weighted by Gasteiger charge is -2.06. The summed E-state index contributed by atoms with van der Waals surface area (Å²) in [6.07, 6.45) is 0.196. The normalized spacial score (nSPS) is 10.9. The van der Waals surface area contributed by atoms with Crippen molar-refractivity contribution in [3.8, 4) is 11.1 Å². The number of carbonyl (C=O) groups is 1. The van der Waals surface area contributed by atoms with Gasteiger partial charge in [-0.2, -0.15) is 0 Å². The summed E-state index contributed by atoms with van der Waals surface area (Å²) in [6.45, 7) is 0.249. The van der Waals surface area contributed by atoms with Crippen molar-refractivity contribution in [1.29, 1.82) is 5.41 Å². The van der Waals surface area contributed by atoms with Gasteiger partial charge in [-0.05, 0) is 29.3 Å². The van der Waals surface area contributed by atoms with Crippen molar-refractivity contribution in [1.82, 2.24) is 9.55 Å². The number of aromatic nitrogens is 2. The Hall–Kier alpha value is -3.93. The number of ketones is 1. The van der Waals surface area contributed by atoms with Crippen molar-refractivity contribution in [2.24, 2.45) is 5.73 Å². The summed E-state index contributed by atoms with van der Waals surface area (Å²) in [5.41, 5.74) is 9.84. The Morgan fingerprint density at radius 3 is 2.28 bits per heavy atom. The number of nitrogen functional groups attached to an aromatic ring is 1. The van der Waals surface area contributed by atoms with Crippen LogP contribution in [0.15, 0.2) is 77.6 Å². The Kier molecular flexibility index (Phi) is 4.83. The summed E-state index contributed by atoms with van der Waals surface area (Å²) in [5.74, 6) is -0.102. The van der Waals surface area contributed by atoms with Crippen molar-refractivity contribution < 1.29 is 4.79 Å². The van der Waals surface area contributed by atoms with Crippen LogP contribution in [-0.4, -0.2) is 21.2 Å². The number of nitrogens with two attached hydrogens (primary N) is 1. The monoisotopic (exact) mass is 384 g/mol. The highest BCUT2D eigenvalue weighted by Crippen LogP contribution is 2.20. The van der Waals surface area contributed by atoms with Crippen LogP contribution in [0.25, 0.3) is 22.2 Å². The number of hydrogen-bond acceptors (Lipinski definition) is 3. The third kappa shape index (κ3) is 3.73. The summed E-state index contributed by atoms with van der Waals surface area (Å²) in [5, 5.41) is 7.58. The molecule has 6 heteroatoms. The lowest BCUT2D eigenvalue weighted by atomic mass is 10.0. The van der Waals surface area contributed by atoms with Gasteiger partial charge in [0.15, 0.2) is 5.78 Å². The first-order valence-electron chi connectivity index (χ1n) is 9.28. The molecule has 4 aromatic rings. The van der Waals surface area contributed by atoms with E-state index < -0.39 is 0 Å². The van der Waals surface area contributed by atoms with E-state index in [0.717, 1.165) is 11.1 Å². The van der Waals surface area contributed by atoms with E-state index in [1.54, 1.807) is 18.2 Å². The molecular formula is C23H20N4O2. The molecule has 1 heterocycles. The lowest BCUT2D eigenvalue weighted by Crippen LogP contribution is -2.19. The molecule has 0 spiro atoms.